The molecule has 0 amide bonds. The first-order valence-corrected chi connectivity index (χ1v) is 7.91. The summed E-state index contributed by atoms with van der Waals surface area (Å²) in [4.78, 5) is 25.2. The van der Waals surface area contributed by atoms with E-state index in [2.05, 4.69) is 26.8 Å². The lowest BCUT2D eigenvalue weighted by atomic mass is 9.34. The summed E-state index contributed by atoms with van der Waals surface area (Å²) in [5, 5.41) is 0. The molecule has 6 atom stereocenters. The third-order valence-corrected chi connectivity index (χ3v) is 7.24. The van der Waals surface area contributed by atoms with Crippen molar-refractivity contribution in [2.75, 3.05) is 0 Å². The van der Waals surface area contributed by atoms with Crippen LogP contribution in [-0.2, 0) is 19.1 Å². The fourth-order valence-corrected chi connectivity index (χ4v) is 6.85. The SMILES string of the molecule is CC(C)(C)[C@@H]1C[C@H]2OC(=O)[C@]34C(=O)CC[C@]23[C@]12C=CO[C@@H]42. The van der Waals surface area contributed by atoms with Gasteiger partial charge in [-0.3, -0.25) is 9.59 Å². The summed E-state index contributed by atoms with van der Waals surface area (Å²) in [5.74, 6) is 0.117. The minimum Gasteiger partial charge on any atom is -0.496 e. The first-order chi connectivity index (χ1) is 9.83. The number of esters is 1. The normalized spacial score (nSPS) is 55.7. The van der Waals surface area contributed by atoms with E-state index in [1.165, 1.54) is 0 Å². The molecule has 2 spiro atoms. The van der Waals surface area contributed by atoms with Crippen molar-refractivity contribution in [1.29, 1.82) is 0 Å². The monoisotopic (exact) mass is 288 g/mol. The molecule has 21 heavy (non-hydrogen) atoms. The molecule has 1 saturated heterocycles. The van der Waals surface area contributed by atoms with Crippen molar-refractivity contribution in [3.8, 4) is 0 Å². The molecule has 0 aromatic heterocycles. The van der Waals surface area contributed by atoms with Crippen LogP contribution in [0.25, 0.3) is 0 Å². The highest BCUT2D eigenvalue weighted by atomic mass is 16.6. The summed E-state index contributed by atoms with van der Waals surface area (Å²) in [6.45, 7) is 6.73. The topological polar surface area (TPSA) is 52.6 Å². The molecule has 0 aromatic carbocycles. The molecule has 0 aromatic rings. The number of Topliss-reactive ketones (excluding diaryl/α,β-unsaturated/α-hetero) is 1. The lowest BCUT2D eigenvalue weighted by Gasteiger charge is -2.64. The van der Waals surface area contributed by atoms with Crippen molar-refractivity contribution in [3.63, 3.8) is 0 Å². The van der Waals surface area contributed by atoms with Gasteiger partial charge < -0.3 is 9.47 Å². The van der Waals surface area contributed by atoms with Gasteiger partial charge in [-0.2, -0.15) is 0 Å². The van der Waals surface area contributed by atoms with Crippen LogP contribution < -0.4 is 0 Å². The van der Waals surface area contributed by atoms with E-state index in [4.69, 9.17) is 9.47 Å². The molecule has 0 unspecified atom stereocenters. The molecule has 2 heterocycles. The maximum atomic E-state index is 12.7. The number of ether oxygens (including phenoxy) is 2. The molecule has 0 bridgehead atoms. The zero-order valence-electron chi connectivity index (χ0n) is 12.6. The Labute approximate surface area is 123 Å². The van der Waals surface area contributed by atoms with Crippen LogP contribution >= 0.6 is 0 Å². The minimum absolute atomic E-state index is 0.0499. The van der Waals surface area contributed by atoms with Crippen molar-refractivity contribution in [1.82, 2.24) is 0 Å². The Hall–Kier alpha value is -1.32. The van der Waals surface area contributed by atoms with E-state index < -0.39 is 5.41 Å². The lowest BCUT2D eigenvalue weighted by Crippen LogP contribution is -2.75. The number of hydrogen-bond acceptors (Lipinski definition) is 4. The first-order valence-electron chi connectivity index (χ1n) is 7.91. The number of carbonyl (C=O) groups is 2. The molecule has 0 radical (unpaired) electrons. The van der Waals surface area contributed by atoms with Crippen LogP contribution in [0.1, 0.15) is 40.0 Å². The summed E-state index contributed by atoms with van der Waals surface area (Å²) in [7, 11) is 0. The zero-order chi connectivity index (χ0) is 14.8. The molecule has 5 aliphatic rings. The average molecular weight is 288 g/mol. The summed E-state index contributed by atoms with van der Waals surface area (Å²) in [5.41, 5.74) is -1.42. The van der Waals surface area contributed by atoms with Crippen LogP contribution in [0.2, 0.25) is 0 Å². The average Bonchev–Trinajstić information content (AvgIpc) is 2.99. The predicted octanol–water partition coefficient (Wildman–Crippen LogP) is 2.23. The molecule has 4 fully saturated rings. The van der Waals surface area contributed by atoms with Crippen molar-refractivity contribution in [2.45, 2.75) is 52.2 Å². The number of carbonyl (C=O) groups excluding carboxylic acids is 2. The Balaban J connectivity index is 1.80. The van der Waals surface area contributed by atoms with E-state index in [9.17, 15) is 9.59 Å². The highest BCUT2D eigenvalue weighted by Crippen LogP contribution is 2.88. The van der Waals surface area contributed by atoms with Gasteiger partial charge in [0.2, 0.25) is 0 Å². The van der Waals surface area contributed by atoms with Crippen molar-refractivity contribution >= 4 is 11.8 Å². The summed E-state index contributed by atoms with van der Waals surface area (Å²) >= 11 is 0. The Morgan fingerprint density at radius 2 is 2.05 bits per heavy atom. The first kappa shape index (κ1) is 12.2. The fraction of sp³-hybridized carbons (Fsp3) is 0.765. The van der Waals surface area contributed by atoms with E-state index in [1.54, 1.807) is 6.26 Å². The molecule has 112 valence electrons. The molecule has 4 heteroatoms. The maximum absolute atomic E-state index is 12.7. The van der Waals surface area contributed by atoms with E-state index in [-0.39, 0.29) is 40.2 Å². The Bertz CT molecular complexity index is 629. The largest absolute Gasteiger partial charge is 0.496 e. The number of rotatable bonds is 0. The van der Waals surface area contributed by atoms with Crippen LogP contribution in [0.15, 0.2) is 12.3 Å². The molecular formula is C17H20O4. The third kappa shape index (κ3) is 0.819. The lowest BCUT2D eigenvalue weighted by molar-refractivity contribution is -0.237. The predicted molar refractivity (Wildman–Crippen MR) is 73.0 cm³/mol. The van der Waals surface area contributed by atoms with Gasteiger partial charge in [0.1, 0.15) is 12.2 Å². The molecule has 4 nitrogen and oxygen atoms in total. The van der Waals surface area contributed by atoms with E-state index in [0.717, 1.165) is 12.8 Å². The summed E-state index contributed by atoms with van der Waals surface area (Å²) in [6, 6.07) is 0. The summed E-state index contributed by atoms with van der Waals surface area (Å²) in [6.07, 6.45) is 5.59. The fourth-order valence-electron chi connectivity index (χ4n) is 6.85. The quantitative estimate of drug-likeness (QED) is 0.506. The minimum atomic E-state index is -0.999. The van der Waals surface area contributed by atoms with Gasteiger partial charge in [-0.1, -0.05) is 20.8 Å². The zero-order valence-corrected chi connectivity index (χ0v) is 12.6. The smallest absolute Gasteiger partial charge is 0.324 e. The number of ketones is 1. The third-order valence-electron chi connectivity index (χ3n) is 7.24. The van der Waals surface area contributed by atoms with Gasteiger partial charge in [0.25, 0.3) is 0 Å². The van der Waals surface area contributed by atoms with Gasteiger partial charge in [-0.25, -0.2) is 0 Å². The standard InChI is InChI=1S/C17H20O4/c1-14(2,3)9-8-11-16-5-4-10(18)17(16,13(19)21-11)12-15(9,16)6-7-20-12/h6-7,9,11-12H,4-5,8H2,1-3H3/t9-,11+,12+,15+,16+,17+/m0/s1. The van der Waals surface area contributed by atoms with Crippen LogP contribution in [0.5, 0.6) is 0 Å². The van der Waals surface area contributed by atoms with Gasteiger partial charge in [0, 0.05) is 17.3 Å². The van der Waals surface area contributed by atoms with E-state index in [0.29, 0.717) is 12.3 Å². The summed E-state index contributed by atoms with van der Waals surface area (Å²) < 4.78 is 11.6. The maximum Gasteiger partial charge on any atom is 0.324 e. The highest BCUT2D eigenvalue weighted by molar-refractivity contribution is 6.11. The molecule has 0 N–H and O–H groups in total. The van der Waals surface area contributed by atoms with Gasteiger partial charge in [-0.15, -0.1) is 0 Å². The second-order valence-corrected chi connectivity index (χ2v) is 8.50. The molecule has 3 aliphatic carbocycles. The second kappa shape index (κ2) is 2.92. The van der Waals surface area contributed by atoms with Crippen molar-refractivity contribution in [2.24, 2.45) is 27.6 Å². The molecule has 2 aliphatic heterocycles. The van der Waals surface area contributed by atoms with Crippen molar-refractivity contribution in [3.05, 3.63) is 12.3 Å². The number of hydrogen-bond donors (Lipinski definition) is 0. The van der Waals surface area contributed by atoms with E-state index in [1.807, 2.05) is 0 Å². The molecule has 3 saturated carbocycles. The van der Waals surface area contributed by atoms with Gasteiger partial charge in [0.05, 0.1) is 6.26 Å². The van der Waals surface area contributed by atoms with Crippen LogP contribution in [0.3, 0.4) is 0 Å². The van der Waals surface area contributed by atoms with Crippen LogP contribution in [-0.4, -0.2) is 24.0 Å². The molecular weight excluding hydrogens is 268 g/mol. The van der Waals surface area contributed by atoms with E-state index >= 15 is 0 Å². The van der Waals surface area contributed by atoms with Gasteiger partial charge in [0.15, 0.2) is 11.2 Å². The van der Waals surface area contributed by atoms with Crippen LogP contribution in [0, 0.1) is 27.6 Å². The van der Waals surface area contributed by atoms with Crippen molar-refractivity contribution < 1.29 is 19.1 Å². The molecule has 5 rings (SSSR count). The van der Waals surface area contributed by atoms with Crippen LogP contribution in [0.4, 0.5) is 0 Å². The second-order valence-electron chi connectivity index (χ2n) is 8.50. The Morgan fingerprint density at radius 3 is 2.76 bits per heavy atom. The van der Waals surface area contributed by atoms with Gasteiger partial charge >= 0.3 is 5.97 Å². The highest BCUT2D eigenvalue weighted by Gasteiger charge is 2.98. The Kier molecular flexibility index (Phi) is 1.71. The van der Waals surface area contributed by atoms with Gasteiger partial charge in [-0.05, 0) is 30.3 Å². The Morgan fingerprint density at radius 1 is 1.29 bits per heavy atom.